The number of hydrogen-bond acceptors (Lipinski definition) is 6. The molecule has 7 nitrogen and oxygen atoms in total. The molecule has 1 saturated heterocycles. The van der Waals surface area contributed by atoms with E-state index in [0.717, 1.165) is 34.8 Å². The third kappa shape index (κ3) is 4.93. The van der Waals surface area contributed by atoms with Gasteiger partial charge in [-0.3, -0.25) is 9.36 Å². The van der Waals surface area contributed by atoms with Crippen LogP contribution in [0.5, 0.6) is 0 Å². The number of carbonyl (C=O) groups is 1. The number of rotatable bonds is 6. The van der Waals surface area contributed by atoms with Gasteiger partial charge in [0, 0.05) is 58.4 Å². The van der Waals surface area contributed by atoms with Gasteiger partial charge in [-0.25, -0.2) is 13.6 Å². The molecular formula is C30H31ClF2N4O3S. The number of anilines is 1. The highest BCUT2D eigenvalue weighted by atomic mass is 35.5. The Morgan fingerprint density at radius 1 is 1.20 bits per heavy atom. The first-order valence-electron chi connectivity index (χ1n) is 13.8. The lowest BCUT2D eigenvalue weighted by molar-refractivity contribution is -0.130. The number of hydrogen-bond donors (Lipinski definition) is 0. The van der Waals surface area contributed by atoms with Crippen LogP contribution in [0.1, 0.15) is 38.3 Å². The lowest BCUT2D eigenvalue weighted by Crippen LogP contribution is -2.58. The van der Waals surface area contributed by atoms with Crippen LogP contribution >= 0.6 is 23.4 Å². The number of amides is 1. The summed E-state index contributed by atoms with van der Waals surface area (Å²) in [6.45, 7) is 10.8. The first kappa shape index (κ1) is 28.2. The van der Waals surface area contributed by atoms with Gasteiger partial charge in [0.1, 0.15) is 17.5 Å². The molecule has 3 aliphatic rings. The number of carbonyl (C=O) groups excluding carboxylic acids is 1. The summed E-state index contributed by atoms with van der Waals surface area (Å²) < 4.78 is 37.0. The normalized spacial score (nSPS) is 22.3. The summed E-state index contributed by atoms with van der Waals surface area (Å²) in [7, 11) is 0. The lowest BCUT2D eigenvalue weighted by Gasteiger charge is -2.45. The van der Waals surface area contributed by atoms with Crippen LogP contribution in [0.15, 0.2) is 40.5 Å². The van der Waals surface area contributed by atoms with Crippen molar-refractivity contribution in [1.82, 2.24) is 14.5 Å². The van der Waals surface area contributed by atoms with Crippen LogP contribution in [0.3, 0.4) is 0 Å². The molecule has 3 heterocycles. The Kier molecular flexibility index (Phi) is 7.36. The van der Waals surface area contributed by atoms with Crippen molar-refractivity contribution in [3.8, 4) is 11.1 Å². The predicted molar refractivity (Wildman–Crippen MR) is 158 cm³/mol. The fraction of sp³-hybridized carbons (Fsp3) is 0.433. The van der Waals surface area contributed by atoms with Crippen LogP contribution in [0.2, 0.25) is 5.02 Å². The SMILES string of the molecule is C=CC(=O)N1[C@H](C)CN(c2nc(=O)n3c4c(c(-c5cc(Cl)c(F)cc5F)c(C)cc24)SCC3COC2CC2)C[C@@H]1C. The molecule has 41 heavy (non-hydrogen) atoms. The second-order valence-corrected chi connectivity index (χ2v) is 12.6. The highest BCUT2D eigenvalue weighted by Gasteiger charge is 2.36. The van der Waals surface area contributed by atoms with Crippen molar-refractivity contribution >= 4 is 46.0 Å². The third-order valence-corrected chi connectivity index (χ3v) is 9.63. The Morgan fingerprint density at radius 3 is 2.56 bits per heavy atom. The highest BCUT2D eigenvalue weighted by Crippen LogP contribution is 2.47. The molecule has 3 atom stereocenters. The lowest BCUT2D eigenvalue weighted by atomic mass is 9.96. The molecule has 0 radical (unpaired) electrons. The van der Waals surface area contributed by atoms with E-state index in [1.54, 1.807) is 9.47 Å². The van der Waals surface area contributed by atoms with E-state index in [-0.39, 0.29) is 40.7 Å². The van der Waals surface area contributed by atoms with Crippen molar-refractivity contribution < 1.29 is 18.3 Å². The topological polar surface area (TPSA) is 67.7 Å². The molecule has 1 saturated carbocycles. The van der Waals surface area contributed by atoms with Crippen LogP contribution < -0.4 is 10.6 Å². The van der Waals surface area contributed by atoms with Crippen LogP contribution in [0.25, 0.3) is 22.0 Å². The van der Waals surface area contributed by atoms with Gasteiger partial charge in [-0.2, -0.15) is 4.98 Å². The molecule has 3 aromatic rings. The zero-order valence-corrected chi connectivity index (χ0v) is 24.7. The second-order valence-electron chi connectivity index (χ2n) is 11.2. The summed E-state index contributed by atoms with van der Waals surface area (Å²) >= 11 is 7.63. The van der Waals surface area contributed by atoms with Crippen molar-refractivity contribution in [2.75, 3.05) is 30.3 Å². The molecule has 1 aromatic heterocycles. The zero-order valence-electron chi connectivity index (χ0n) is 23.1. The largest absolute Gasteiger partial charge is 0.376 e. The number of thioether (sulfide) groups is 1. The van der Waals surface area contributed by atoms with E-state index in [9.17, 15) is 14.0 Å². The maximum absolute atomic E-state index is 15.2. The number of ether oxygens (including phenoxy) is 1. The molecule has 6 rings (SSSR count). The number of benzene rings is 2. The summed E-state index contributed by atoms with van der Waals surface area (Å²) in [6.07, 6.45) is 3.58. The molecule has 1 unspecified atom stereocenters. The van der Waals surface area contributed by atoms with E-state index < -0.39 is 17.3 Å². The Hall–Kier alpha value is -2.95. The Labute approximate surface area is 246 Å². The van der Waals surface area contributed by atoms with Gasteiger partial charge in [0.2, 0.25) is 5.91 Å². The van der Waals surface area contributed by atoms with Gasteiger partial charge in [-0.15, -0.1) is 11.8 Å². The monoisotopic (exact) mass is 600 g/mol. The molecule has 216 valence electrons. The summed E-state index contributed by atoms with van der Waals surface area (Å²) in [5.41, 5.74) is 1.77. The third-order valence-electron chi connectivity index (χ3n) is 8.10. The Bertz CT molecular complexity index is 1630. The summed E-state index contributed by atoms with van der Waals surface area (Å²) in [4.78, 5) is 35.5. The van der Waals surface area contributed by atoms with Gasteiger partial charge < -0.3 is 14.5 Å². The van der Waals surface area contributed by atoms with E-state index in [1.165, 1.54) is 23.9 Å². The van der Waals surface area contributed by atoms with Gasteiger partial charge in [-0.1, -0.05) is 18.2 Å². The van der Waals surface area contributed by atoms with Gasteiger partial charge >= 0.3 is 5.69 Å². The van der Waals surface area contributed by atoms with Gasteiger partial charge in [0.15, 0.2) is 0 Å². The molecule has 2 aliphatic heterocycles. The summed E-state index contributed by atoms with van der Waals surface area (Å²) in [6, 6.07) is 3.50. The number of halogens is 3. The van der Waals surface area contributed by atoms with Crippen molar-refractivity contribution in [2.45, 2.75) is 62.7 Å². The molecular weight excluding hydrogens is 570 g/mol. The minimum atomic E-state index is -0.828. The standard InChI is InChI=1S/C30H31ClF2N4O3S/c1-5-25(38)36-16(3)11-35(12-17(36)4)29-21-8-15(2)26(20-9-22(31)24(33)10-23(20)32)28-27(21)37(30(39)34-29)18(14-41-28)13-40-19-6-7-19/h5,8-10,16-19H,1,6-7,11-14H2,2-4H3/t16-,17+,18?. The zero-order chi connectivity index (χ0) is 29.2. The maximum Gasteiger partial charge on any atom is 0.350 e. The fourth-order valence-electron chi connectivity index (χ4n) is 6.15. The minimum Gasteiger partial charge on any atom is -0.376 e. The van der Waals surface area contributed by atoms with E-state index in [0.29, 0.717) is 42.3 Å². The molecule has 11 heteroatoms. The fourth-order valence-corrected chi connectivity index (χ4v) is 7.68. The number of aryl methyl sites for hydroxylation is 1. The van der Waals surface area contributed by atoms with Crippen molar-refractivity contribution in [3.63, 3.8) is 0 Å². The smallest absolute Gasteiger partial charge is 0.350 e. The molecule has 0 bridgehead atoms. The molecule has 0 N–H and O–H groups in total. The van der Waals surface area contributed by atoms with Crippen LogP contribution in [0.4, 0.5) is 14.6 Å². The summed E-state index contributed by atoms with van der Waals surface area (Å²) in [5.74, 6) is -0.613. The van der Waals surface area contributed by atoms with E-state index in [4.69, 9.17) is 16.3 Å². The highest BCUT2D eigenvalue weighted by molar-refractivity contribution is 7.99. The Morgan fingerprint density at radius 2 is 1.90 bits per heavy atom. The quantitative estimate of drug-likeness (QED) is 0.266. The molecule has 2 fully saturated rings. The average molecular weight is 601 g/mol. The van der Waals surface area contributed by atoms with Crippen molar-refractivity contribution in [2.24, 2.45) is 0 Å². The van der Waals surface area contributed by atoms with Gasteiger partial charge in [0.05, 0.1) is 29.3 Å². The van der Waals surface area contributed by atoms with Crippen LogP contribution in [-0.2, 0) is 9.53 Å². The number of nitrogens with zero attached hydrogens (tertiary/aromatic N) is 4. The van der Waals surface area contributed by atoms with Crippen LogP contribution in [-0.4, -0.2) is 64.0 Å². The van der Waals surface area contributed by atoms with E-state index >= 15 is 4.39 Å². The first-order chi connectivity index (χ1) is 19.6. The second kappa shape index (κ2) is 10.7. The Balaban J connectivity index is 1.55. The predicted octanol–water partition coefficient (Wildman–Crippen LogP) is 5.74. The van der Waals surface area contributed by atoms with E-state index in [2.05, 4.69) is 16.5 Å². The first-order valence-corrected chi connectivity index (χ1v) is 15.1. The van der Waals surface area contributed by atoms with Crippen molar-refractivity contribution in [3.05, 3.63) is 63.6 Å². The minimum absolute atomic E-state index is 0.134. The summed E-state index contributed by atoms with van der Waals surface area (Å²) in [5, 5.41) is 0.591. The average Bonchev–Trinajstić information content (AvgIpc) is 3.76. The van der Waals surface area contributed by atoms with E-state index in [1.807, 2.05) is 26.8 Å². The maximum atomic E-state index is 15.2. The van der Waals surface area contributed by atoms with Gasteiger partial charge in [-0.05, 0) is 57.4 Å². The molecule has 1 amide bonds. The van der Waals surface area contributed by atoms with Crippen LogP contribution in [0, 0.1) is 18.6 Å². The molecule has 2 aromatic carbocycles. The van der Waals surface area contributed by atoms with Crippen molar-refractivity contribution in [1.29, 1.82) is 0 Å². The van der Waals surface area contributed by atoms with Gasteiger partial charge in [0.25, 0.3) is 0 Å². The number of aromatic nitrogens is 2. The molecule has 0 spiro atoms. The molecule has 1 aliphatic carbocycles. The number of piperazine rings is 1.